The summed E-state index contributed by atoms with van der Waals surface area (Å²) < 4.78 is 18.0. The molecule has 0 fully saturated rings. The van der Waals surface area contributed by atoms with Gasteiger partial charge in [0.05, 0.1) is 11.8 Å². The third-order valence-electron chi connectivity index (χ3n) is 3.16. The van der Waals surface area contributed by atoms with E-state index in [4.69, 9.17) is 4.42 Å². The summed E-state index contributed by atoms with van der Waals surface area (Å²) in [6, 6.07) is 5.98. The van der Waals surface area contributed by atoms with Gasteiger partial charge in [0.1, 0.15) is 17.8 Å². The lowest BCUT2D eigenvalue weighted by Crippen LogP contribution is -2.00. The van der Waals surface area contributed by atoms with Crippen molar-refractivity contribution in [1.29, 1.82) is 0 Å². The second kappa shape index (κ2) is 6.22. The van der Waals surface area contributed by atoms with Crippen LogP contribution in [0.25, 0.3) is 5.76 Å². The van der Waals surface area contributed by atoms with E-state index in [2.05, 4.69) is 20.6 Å². The zero-order chi connectivity index (χ0) is 16.2. The normalized spacial score (nSPS) is 11.6. The van der Waals surface area contributed by atoms with Gasteiger partial charge in [0.25, 0.3) is 0 Å². The largest absolute Gasteiger partial charge is 0.507 e. The molecule has 2 N–H and O–H groups in total. The lowest BCUT2D eigenvalue weighted by atomic mass is 10.0. The first-order chi connectivity index (χ1) is 11.1. The number of nitrogens with one attached hydrogen (secondary N) is 1. The van der Waals surface area contributed by atoms with Crippen molar-refractivity contribution in [2.24, 2.45) is 0 Å². The molecule has 0 aliphatic rings. The van der Waals surface area contributed by atoms with Gasteiger partial charge in [-0.2, -0.15) is 5.21 Å². The molecule has 23 heavy (non-hydrogen) atoms. The number of tetrazole rings is 1. The standard InChI is InChI=1S/C15H11FN4O3/c16-11-3-1-9(2-4-11)5-10-7-23-8-12(10)13(21)6-14(22)15-17-19-20-18-15/h1-4,6-8,21H,5H2,(H,17,18,19,20). The van der Waals surface area contributed by atoms with E-state index in [1.165, 1.54) is 24.7 Å². The SMILES string of the molecule is O=C(C=C(O)c1cocc1Cc1ccc(F)cc1)c1nn[nH]n1. The molecule has 0 aliphatic carbocycles. The summed E-state index contributed by atoms with van der Waals surface area (Å²) in [6.07, 6.45) is 4.19. The molecule has 0 amide bonds. The second-order valence-electron chi connectivity index (χ2n) is 4.74. The minimum Gasteiger partial charge on any atom is -0.507 e. The highest BCUT2D eigenvalue weighted by molar-refractivity contribution is 6.05. The molecule has 1 aromatic carbocycles. The second-order valence-corrected chi connectivity index (χ2v) is 4.74. The molecular weight excluding hydrogens is 303 g/mol. The molecule has 116 valence electrons. The molecule has 0 spiro atoms. The molecular formula is C15H11FN4O3. The van der Waals surface area contributed by atoms with E-state index in [0.29, 0.717) is 17.5 Å². The lowest BCUT2D eigenvalue weighted by Gasteiger charge is -2.02. The topological polar surface area (TPSA) is 105 Å². The minimum absolute atomic E-state index is 0.153. The van der Waals surface area contributed by atoms with Gasteiger partial charge in [-0.15, -0.1) is 10.2 Å². The lowest BCUT2D eigenvalue weighted by molar-refractivity contribution is 0.103. The predicted octanol–water partition coefficient (Wildman–Crippen LogP) is 2.30. The van der Waals surface area contributed by atoms with E-state index in [9.17, 15) is 14.3 Å². The summed E-state index contributed by atoms with van der Waals surface area (Å²) >= 11 is 0. The number of aliphatic hydroxyl groups excluding tert-OH is 1. The Balaban J connectivity index is 1.82. The first kappa shape index (κ1) is 14.6. The van der Waals surface area contributed by atoms with Crippen LogP contribution in [0.15, 0.2) is 47.3 Å². The van der Waals surface area contributed by atoms with Gasteiger partial charge in [-0.05, 0) is 22.9 Å². The number of carbonyl (C=O) groups excluding carboxylic acids is 1. The third-order valence-corrected chi connectivity index (χ3v) is 3.16. The van der Waals surface area contributed by atoms with Crippen molar-refractivity contribution in [3.05, 3.63) is 71.2 Å². The van der Waals surface area contributed by atoms with Crippen LogP contribution in [0.5, 0.6) is 0 Å². The number of rotatable bonds is 5. The quantitative estimate of drug-likeness (QED) is 0.425. The number of allylic oxidation sites excluding steroid dienone is 1. The summed E-state index contributed by atoms with van der Waals surface area (Å²) in [5, 5.41) is 22.6. The molecule has 3 rings (SSSR count). The number of hydrogen-bond acceptors (Lipinski definition) is 6. The van der Waals surface area contributed by atoms with E-state index in [0.717, 1.165) is 11.6 Å². The van der Waals surface area contributed by atoms with E-state index < -0.39 is 5.78 Å². The van der Waals surface area contributed by atoms with Gasteiger partial charge >= 0.3 is 0 Å². The van der Waals surface area contributed by atoms with Crippen LogP contribution in [0, 0.1) is 5.82 Å². The van der Waals surface area contributed by atoms with Crippen LogP contribution in [0.1, 0.15) is 27.3 Å². The number of aromatic amines is 1. The van der Waals surface area contributed by atoms with Gasteiger partial charge in [0.2, 0.25) is 11.6 Å². The monoisotopic (exact) mass is 314 g/mol. The number of hydrogen-bond donors (Lipinski definition) is 2. The van der Waals surface area contributed by atoms with Gasteiger partial charge in [-0.25, -0.2) is 4.39 Å². The molecule has 0 unspecified atom stereocenters. The van der Waals surface area contributed by atoms with Crippen LogP contribution in [-0.4, -0.2) is 31.5 Å². The Morgan fingerprint density at radius 2 is 2.09 bits per heavy atom. The maximum absolute atomic E-state index is 12.9. The van der Waals surface area contributed by atoms with E-state index >= 15 is 0 Å². The van der Waals surface area contributed by atoms with Crippen molar-refractivity contribution in [2.75, 3.05) is 0 Å². The summed E-state index contributed by atoms with van der Waals surface area (Å²) in [7, 11) is 0. The Morgan fingerprint density at radius 1 is 1.30 bits per heavy atom. The Labute approximate surface area is 129 Å². The van der Waals surface area contributed by atoms with Crippen LogP contribution in [0.2, 0.25) is 0 Å². The molecule has 8 heteroatoms. The molecule has 0 saturated carbocycles. The van der Waals surface area contributed by atoms with Crippen LogP contribution < -0.4 is 0 Å². The summed E-state index contributed by atoms with van der Waals surface area (Å²) in [5.41, 5.74) is 1.86. The van der Waals surface area contributed by atoms with Crippen molar-refractivity contribution >= 4 is 11.5 Å². The van der Waals surface area contributed by atoms with Gasteiger partial charge < -0.3 is 9.52 Å². The van der Waals surface area contributed by atoms with Gasteiger partial charge in [-0.1, -0.05) is 12.1 Å². The fraction of sp³-hybridized carbons (Fsp3) is 0.0667. The molecule has 0 saturated heterocycles. The number of benzene rings is 1. The molecule has 7 nitrogen and oxygen atoms in total. The number of nitrogens with zero attached hydrogens (tertiary/aromatic N) is 3. The van der Waals surface area contributed by atoms with Crippen LogP contribution in [-0.2, 0) is 6.42 Å². The summed E-state index contributed by atoms with van der Waals surface area (Å²) in [6.45, 7) is 0. The van der Waals surface area contributed by atoms with Crippen molar-refractivity contribution in [1.82, 2.24) is 20.6 Å². The fourth-order valence-electron chi connectivity index (χ4n) is 2.04. The predicted molar refractivity (Wildman–Crippen MR) is 77.0 cm³/mol. The van der Waals surface area contributed by atoms with Crippen molar-refractivity contribution < 1.29 is 18.7 Å². The number of carbonyl (C=O) groups is 1. The number of aromatic nitrogens is 4. The van der Waals surface area contributed by atoms with Gasteiger partial charge in [-0.3, -0.25) is 4.79 Å². The molecule has 0 radical (unpaired) electrons. The number of furan rings is 1. The highest BCUT2D eigenvalue weighted by Gasteiger charge is 2.14. The highest BCUT2D eigenvalue weighted by atomic mass is 19.1. The minimum atomic E-state index is -0.592. The Hall–Kier alpha value is -3.29. The maximum Gasteiger partial charge on any atom is 0.244 e. The van der Waals surface area contributed by atoms with Crippen molar-refractivity contribution in [3.8, 4) is 0 Å². The van der Waals surface area contributed by atoms with E-state index in [1.807, 2.05) is 0 Å². The average Bonchev–Trinajstić information content (AvgIpc) is 3.20. The van der Waals surface area contributed by atoms with Gasteiger partial charge in [0, 0.05) is 18.1 Å². The zero-order valence-corrected chi connectivity index (χ0v) is 11.7. The number of H-pyrrole nitrogens is 1. The van der Waals surface area contributed by atoms with Crippen molar-refractivity contribution in [3.63, 3.8) is 0 Å². The Kier molecular flexibility index (Phi) is 3.96. The number of halogens is 1. The zero-order valence-electron chi connectivity index (χ0n) is 11.7. The number of ketones is 1. The summed E-state index contributed by atoms with van der Waals surface area (Å²) in [4.78, 5) is 11.8. The summed E-state index contributed by atoms with van der Waals surface area (Å²) in [5.74, 6) is -1.34. The maximum atomic E-state index is 12.9. The van der Waals surface area contributed by atoms with Gasteiger partial charge in [0.15, 0.2) is 0 Å². The van der Waals surface area contributed by atoms with Crippen molar-refractivity contribution in [2.45, 2.75) is 6.42 Å². The molecule has 0 aliphatic heterocycles. The van der Waals surface area contributed by atoms with Crippen LogP contribution in [0.4, 0.5) is 4.39 Å². The van der Waals surface area contributed by atoms with Crippen LogP contribution >= 0.6 is 0 Å². The Bertz CT molecular complexity index is 838. The molecule has 0 atom stereocenters. The molecule has 2 aromatic heterocycles. The van der Waals surface area contributed by atoms with E-state index in [-0.39, 0.29) is 17.4 Å². The molecule has 0 bridgehead atoms. The fourth-order valence-corrected chi connectivity index (χ4v) is 2.04. The Morgan fingerprint density at radius 3 is 2.78 bits per heavy atom. The first-order valence-electron chi connectivity index (χ1n) is 6.62. The highest BCUT2D eigenvalue weighted by Crippen LogP contribution is 2.22. The number of aliphatic hydroxyl groups is 1. The first-order valence-corrected chi connectivity index (χ1v) is 6.62. The molecule has 2 heterocycles. The smallest absolute Gasteiger partial charge is 0.244 e. The molecule has 3 aromatic rings. The third kappa shape index (κ3) is 3.31. The average molecular weight is 314 g/mol. The van der Waals surface area contributed by atoms with E-state index in [1.54, 1.807) is 12.1 Å². The van der Waals surface area contributed by atoms with Crippen LogP contribution in [0.3, 0.4) is 0 Å².